The van der Waals surface area contributed by atoms with E-state index in [2.05, 4.69) is 12.1 Å². The van der Waals surface area contributed by atoms with Crippen molar-refractivity contribution >= 4 is 17.5 Å². The average Bonchev–Trinajstić information content (AvgIpc) is 3.37. The molecule has 1 aliphatic carbocycles. The van der Waals surface area contributed by atoms with E-state index in [-0.39, 0.29) is 24.2 Å². The summed E-state index contributed by atoms with van der Waals surface area (Å²) >= 11 is 0. The van der Waals surface area contributed by atoms with Gasteiger partial charge in [-0.1, -0.05) is 48.5 Å². The minimum Gasteiger partial charge on any atom is -0.370 e. The van der Waals surface area contributed by atoms with Crippen LogP contribution >= 0.6 is 0 Å². The Kier molecular flexibility index (Phi) is 4.42. The molecule has 4 nitrogen and oxygen atoms in total. The fraction of sp³-hybridized carbons (Fsp3) is 0.263. The van der Waals surface area contributed by atoms with Crippen molar-refractivity contribution in [3.8, 4) is 0 Å². The zero-order chi connectivity index (χ0) is 16.2. The highest BCUT2D eigenvalue weighted by Gasteiger charge is 2.45. The molecule has 2 unspecified atom stereocenters. The molecule has 2 aromatic carbocycles. The number of nitrogens with zero attached hydrogens (tertiary/aromatic N) is 1. The number of rotatable bonds is 6. The maximum atomic E-state index is 12.9. The van der Waals surface area contributed by atoms with E-state index in [9.17, 15) is 9.59 Å². The molecule has 23 heavy (non-hydrogen) atoms. The monoisotopic (exact) mass is 308 g/mol. The van der Waals surface area contributed by atoms with E-state index in [1.807, 2.05) is 48.5 Å². The van der Waals surface area contributed by atoms with E-state index >= 15 is 0 Å². The summed E-state index contributed by atoms with van der Waals surface area (Å²) in [4.78, 5) is 25.7. The molecule has 0 radical (unpaired) electrons. The maximum Gasteiger partial charge on any atom is 0.230 e. The van der Waals surface area contributed by atoms with Crippen molar-refractivity contribution in [2.45, 2.75) is 18.8 Å². The number of carbonyl (C=O) groups excluding carboxylic acids is 2. The van der Waals surface area contributed by atoms with E-state index in [4.69, 9.17) is 5.73 Å². The van der Waals surface area contributed by atoms with Gasteiger partial charge in [0.2, 0.25) is 11.8 Å². The molecule has 2 aromatic rings. The Balaban J connectivity index is 1.75. The molecule has 118 valence electrons. The lowest BCUT2D eigenvalue weighted by molar-refractivity contribution is -0.120. The van der Waals surface area contributed by atoms with Gasteiger partial charge >= 0.3 is 0 Å². The zero-order valence-electron chi connectivity index (χ0n) is 12.9. The Bertz CT molecular complexity index is 685. The Hall–Kier alpha value is -2.62. The lowest BCUT2D eigenvalue weighted by atomic mass is 10.1. The quantitative estimate of drug-likeness (QED) is 0.891. The maximum absolute atomic E-state index is 12.9. The molecule has 2 amide bonds. The van der Waals surface area contributed by atoms with Crippen LogP contribution in [-0.2, 0) is 9.59 Å². The van der Waals surface area contributed by atoms with E-state index in [1.54, 1.807) is 4.90 Å². The molecular weight excluding hydrogens is 288 g/mol. The number of hydrogen-bond donors (Lipinski definition) is 1. The van der Waals surface area contributed by atoms with Crippen molar-refractivity contribution in [1.82, 2.24) is 0 Å². The Morgan fingerprint density at radius 3 is 2.22 bits per heavy atom. The smallest absolute Gasteiger partial charge is 0.230 e. The Labute approximate surface area is 135 Å². The molecule has 2 atom stereocenters. The van der Waals surface area contributed by atoms with Crippen LogP contribution in [-0.4, -0.2) is 18.4 Å². The van der Waals surface area contributed by atoms with Crippen molar-refractivity contribution in [3.05, 3.63) is 66.2 Å². The average molecular weight is 308 g/mol. The molecule has 0 bridgehead atoms. The summed E-state index contributed by atoms with van der Waals surface area (Å²) in [6, 6.07) is 19.6. The standard InChI is InChI=1S/C19H20N2O2/c20-18(22)11-12-21(15-9-5-2-6-10-15)19(23)17-13-16(17)14-7-3-1-4-8-14/h1-10,16-17H,11-13H2,(H2,20,22). The molecule has 4 heteroatoms. The van der Waals surface area contributed by atoms with Crippen LogP contribution in [0.25, 0.3) is 0 Å². The van der Waals surface area contributed by atoms with E-state index in [0.29, 0.717) is 6.54 Å². The lowest BCUT2D eigenvalue weighted by Crippen LogP contribution is -2.35. The SMILES string of the molecule is NC(=O)CCN(C(=O)C1CC1c1ccccc1)c1ccccc1. The predicted octanol–water partition coefficient (Wildman–Crippen LogP) is 2.70. The van der Waals surface area contributed by atoms with Gasteiger partial charge in [0.05, 0.1) is 0 Å². The Morgan fingerprint density at radius 1 is 1.00 bits per heavy atom. The zero-order valence-corrected chi connectivity index (χ0v) is 12.9. The van der Waals surface area contributed by atoms with Gasteiger partial charge in [-0.05, 0) is 30.0 Å². The normalized spacial score (nSPS) is 19.1. The largest absolute Gasteiger partial charge is 0.370 e. The van der Waals surface area contributed by atoms with Gasteiger partial charge in [-0.25, -0.2) is 0 Å². The van der Waals surface area contributed by atoms with Crippen molar-refractivity contribution in [2.75, 3.05) is 11.4 Å². The van der Waals surface area contributed by atoms with Gasteiger partial charge in [0, 0.05) is 24.6 Å². The van der Waals surface area contributed by atoms with E-state index in [0.717, 1.165) is 12.1 Å². The van der Waals surface area contributed by atoms with Gasteiger partial charge in [0.1, 0.15) is 0 Å². The molecule has 0 aromatic heterocycles. The first-order chi connectivity index (χ1) is 11.2. The molecule has 2 N–H and O–H groups in total. The van der Waals surface area contributed by atoms with Crippen molar-refractivity contribution in [3.63, 3.8) is 0 Å². The van der Waals surface area contributed by atoms with Crippen molar-refractivity contribution in [1.29, 1.82) is 0 Å². The second-order valence-electron chi connectivity index (χ2n) is 5.90. The van der Waals surface area contributed by atoms with Crippen LogP contribution in [0.15, 0.2) is 60.7 Å². The van der Waals surface area contributed by atoms with Crippen molar-refractivity contribution in [2.24, 2.45) is 11.7 Å². The number of hydrogen-bond acceptors (Lipinski definition) is 2. The molecule has 0 saturated heterocycles. The van der Waals surface area contributed by atoms with Gasteiger partial charge in [0.25, 0.3) is 0 Å². The molecule has 1 saturated carbocycles. The fourth-order valence-electron chi connectivity index (χ4n) is 2.93. The highest BCUT2D eigenvalue weighted by molar-refractivity contribution is 5.98. The summed E-state index contributed by atoms with van der Waals surface area (Å²) < 4.78 is 0. The first-order valence-electron chi connectivity index (χ1n) is 7.86. The Morgan fingerprint density at radius 2 is 1.61 bits per heavy atom. The highest BCUT2D eigenvalue weighted by Crippen LogP contribution is 2.48. The minimum absolute atomic E-state index is 0.00881. The highest BCUT2D eigenvalue weighted by atomic mass is 16.2. The molecule has 1 aliphatic rings. The molecule has 0 heterocycles. The molecule has 0 aliphatic heterocycles. The first kappa shape index (κ1) is 15.3. The predicted molar refractivity (Wildman–Crippen MR) is 89.9 cm³/mol. The number of para-hydroxylation sites is 1. The fourth-order valence-corrected chi connectivity index (χ4v) is 2.93. The van der Waals surface area contributed by atoms with E-state index < -0.39 is 5.91 Å². The van der Waals surface area contributed by atoms with Crippen LogP contribution in [0.4, 0.5) is 5.69 Å². The molecule has 1 fully saturated rings. The number of nitrogens with two attached hydrogens (primary N) is 1. The third kappa shape index (κ3) is 3.59. The van der Waals surface area contributed by atoms with Gasteiger partial charge in [-0.2, -0.15) is 0 Å². The van der Waals surface area contributed by atoms with Crippen LogP contribution in [0.1, 0.15) is 24.3 Å². The number of amides is 2. The lowest BCUT2D eigenvalue weighted by Gasteiger charge is -2.22. The summed E-state index contributed by atoms with van der Waals surface area (Å²) in [6.07, 6.45) is 1.03. The van der Waals surface area contributed by atoms with E-state index in [1.165, 1.54) is 5.56 Å². The summed E-state index contributed by atoms with van der Waals surface area (Å²) in [6.45, 7) is 0.330. The van der Waals surface area contributed by atoms with Gasteiger partial charge < -0.3 is 10.6 Å². The minimum atomic E-state index is -0.394. The second kappa shape index (κ2) is 6.65. The third-order valence-corrected chi connectivity index (χ3v) is 4.25. The number of carbonyl (C=O) groups is 2. The summed E-state index contributed by atoms with van der Waals surface area (Å²) in [5.74, 6) is -0.0468. The van der Waals surface area contributed by atoms with Crippen LogP contribution < -0.4 is 10.6 Å². The van der Waals surface area contributed by atoms with Crippen LogP contribution in [0, 0.1) is 5.92 Å². The molecular formula is C19H20N2O2. The van der Waals surface area contributed by atoms with Gasteiger partial charge in [-0.3, -0.25) is 9.59 Å². The number of primary amides is 1. The van der Waals surface area contributed by atoms with Crippen LogP contribution in [0.5, 0.6) is 0 Å². The number of anilines is 1. The molecule has 3 rings (SSSR count). The summed E-state index contributed by atoms with van der Waals surface area (Å²) in [7, 11) is 0. The molecule has 0 spiro atoms. The van der Waals surface area contributed by atoms with Gasteiger partial charge in [-0.15, -0.1) is 0 Å². The van der Waals surface area contributed by atoms with Gasteiger partial charge in [0.15, 0.2) is 0 Å². The van der Waals surface area contributed by atoms with Crippen LogP contribution in [0.2, 0.25) is 0 Å². The summed E-state index contributed by atoms with van der Waals surface area (Å²) in [5.41, 5.74) is 7.27. The third-order valence-electron chi connectivity index (χ3n) is 4.25. The van der Waals surface area contributed by atoms with Crippen molar-refractivity contribution < 1.29 is 9.59 Å². The second-order valence-corrected chi connectivity index (χ2v) is 5.90. The summed E-state index contributed by atoms with van der Waals surface area (Å²) in [5, 5.41) is 0. The first-order valence-corrected chi connectivity index (χ1v) is 7.86. The topological polar surface area (TPSA) is 63.4 Å². The number of benzene rings is 2. The van der Waals surface area contributed by atoms with Crippen LogP contribution in [0.3, 0.4) is 0 Å².